The Hall–Kier alpha value is -4.29. The maximum absolute atomic E-state index is 13.3. The van der Waals surface area contributed by atoms with Crippen molar-refractivity contribution in [3.63, 3.8) is 0 Å². The minimum atomic E-state index is -0.266. The van der Waals surface area contributed by atoms with Crippen LogP contribution in [0.4, 0.5) is 5.69 Å². The highest BCUT2D eigenvalue weighted by atomic mass is 16.1. The number of aryl methyl sites for hydroxylation is 1. The zero-order chi connectivity index (χ0) is 34.1. The van der Waals surface area contributed by atoms with Crippen LogP contribution in [0.5, 0.6) is 0 Å². The van der Waals surface area contributed by atoms with E-state index >= 15 is 0 Å². The molecule has 0 bridgehead atoms. The third-order valence-corrected chi connectivity index (χ3v) is 8.83. The minimum absolute atomic E-state index is 0.173. The molecule has 254 valence electrons. The van der Waals surface area contributed by atoms with E-state index in [1.165, 1.54) is 32.1 Å². The number of benzene rings is 1. The average molecular weight is 644 g/mol. The molecule has 0 aliphatic carbocycles. The van der Waals surface area contributed by atoms with Crippen LogP contribution in [0.1, 0.15) is 49.5 Å². The van der Waals surface area contributed by atoms with Crippen LogP contribution in [0.3, 0.4) is 0 Å². The molecule has 3 aliphatic heterocycles. The van der Waals surface area contributed by atoms with Gasteiger partial charge in [0.05, 0.1) is 6.21 Å². The second-order valence-corrected chi connectivity index (χ2v) is 13.4. The second-order valence-electron chi connectivity index (χ2n) is 13.4. The highest BCUT2D eigenvalue weighted by Crippen LogP contribution is 2.22. The topological polar surface area (TPSA) is 138 Å². The van der Waals surface area contributed by atoms with Gasteiger partial charge >= 0.3 is 0 Å². The number of rotatable bonds is 9. The van der Waals surface area contributed by atoms with Crippen molar-refractivity contribution in [2.24, 2.45) is 37.0 Å². The number of carbonyl (C=O) groups excluding carboxylic acids is 1. The van der Waals surface area contributed by atoms with E-state index in [-0.39, 0.29) is 11.3 Å². The van der Waals surface area contributed by atoms with Crippen LogP contribution in [0, 0.1) is 18.3 Å². The zero-order valence-corrected chi connectivity index (χ0v) is 29.2. The molecule has 3 heterocycles. The standard InChI is InChI=1S/C35H53N11O/c1-9-39-28-22-40-34(46-18-16-45(17-19-46)23-25-12-14-44(8)15-13-25)43-31(28)32(36)41-27-20-26(11-10-24(27)2)33(47)42-30(38-7)21-29(37-6)35(3,4)5/h9-11,20-22,25,38,41H,1,12-19,23,36H2,2-8H3,(H,42,47)/b30-21+,32-31-,37-29+,39-28-. The van der Waals surface area contributed by atoms with E-state index in [0.29, 0.717) is 40.3 Å². The summed E-state index contributed by atoms with van der Waals surface area (Å²) < 4.78 is 0. The Bertz CT molecular complexity index is 1480. The summed E-state index contributed by atoms with van der Waals surface area (Å²) in [5, 5.41) is 9.30. The van der Waals surface area contributed by atoms with E-state index < -0.39 is 0 Å². The molecular weight excluding hydrogens is 590 g/mol. The van der Waals surface area contributed by atoms with E-state index in [0.717, 1.165) is 49.9 Å². The summed E-state index contributed by atoms with van der Waals surface area (Å²) in [5.41, 5.74) is 10.4. The Labute approximate surface area is 280 Å². The van der Waals surface area contributed by atoms with Gasteiger partial charge in [-0.25, -0.2) is 9.98 Å². The van der Waals surface area contributed by atoms with E-state index in [1.54, 1.807) is 32.4 Å². The van der Waals surface area contributed by atoms with E-state index in [4.69, 9.17) is 10.7 Å². The molecule has 12 heteroatoms. The normalized spacial score (nSPS) is 21.0. The lowest BCUT2D eigenvalue weighted by atomic mass is 9.89. The van der Waals surface area contributed by atoms with Gasteiger partial charge in [-0.3, -0.25) is 19.7 Å². The molecule has 2 saturated heterocycles. The van der Waals surface area contributed by atoms with Crippen molar-refractivity contribution in [1.29, 1.82) is 0 Å². The fraction of sp³-hybridized carbons (Fsp3) is 0.514. The number of aliphatic imine (C=N–C) groups is 4. The molecule has 1 amide bonds. The molecule has 3 aliphatic rings. The van der Waals surface area contributed by atoms with Crippen molar-refractivity contribution in [3.8, 4) is 0 Å². The number of nitrogens with one attached hydrogen (secondary N) is 3. The van der Waals surface area contributed by atoms with E-state index in [1.807, 2.05) is 19.1 Å². The number of nitrogens with zero attached hydrogens (tertiary/aromatic N) is 7. The Kier molecular flexibility index (Phi) is 12.1. The van der Waals surface area contributed by atoms with Gasteiger partial charge < -0.3 is 31.5 Å². The molecule has 0 aromatic heterocycles. The number of guanidine groups is 1. The number of anilines is 1. The van der Waals surface area contributed by atoms with Gasteiger partial charge in [0.1, 0.15) is 23.1 Å². The van der Waals surface area contributed by atoms with Gasteiger partial charge in [0.15, 0.2) is 0 Å². The Morgan fingerprint density at radius 2 is 1.85 bits per heavy atom. The molecule has 0 spiro atoms. The molecule has 2 fully saturated rings. The number of nitrogens with two attached hydrogens (primary N) is 1. The fourth-order valence-electron chi connectivity index (χ4n) is 5.87. The summed E-state index contributed by atoms with van der Waals surface area (Å²) in [5.74, 6) is 1.98. The molecule has 12 nitrogen and oxygen atoms in total. The number of likely N-dealkylation sites (tertiary alicyclic amines) is 1. The molecule has 0 atom stereocenters. The van der Waals surface area contributed by atoms with Crippen LogP contribution in [0.25, 0.3) is 0 Å². The predicted molar refractivity (Wildman–Crippen MR) is 195 cm³/mol. The molecule has 1 aromatic rings. The molecule has 5 N–H and O–H groups in total. The smallest absolute Gasteiger partial charge is 0.256 e. The summed E-state index contributed by atoms with van der Waals surface area (Å²) >= 11 is 0. The maximum atomic E-state index is 13.3. The first-order chi connectivity index (χ1) is 22.4. The van der Waals surface area contributed by atoms with Gasteiger partial charge in [0.25, 0.3) is 5.91 Å². The zero-order valence-electron chi connectivity index (χ0n) is 29.2. The molecule has 4 rings (SSSR count). The van der Waals surface area contributed by atoms with Crippen LogP contribution < -0.4 is 21.7 Å². The molecule has 0 radical (unpaired) electrons. The average Bonchev–Trinajstić information content (AvgIpc) is 3.05. The summed E-state index contributed by atoms with van der Waals surface area (Å²) in [6.07, 6.45) is 7.53. The fourth-order valence-corrected chi connectivity index (χ4v) is 5.87. The van der Waals surface area contributed by atoms with Gasteiger partial charge in [-0.05, 0) is 63.5 Å². The van der Waals surface area contributed by atoms with Crippen LogP contribution in [0.15, 0.2) is 74.4 Å². The van der Waals surface area contributed by atoms with Crippen molar-refractivity contribution in [1.82, 2.24) is 25.3 Å². The minimum Gasteiger partial charge on any atom is -0.383 e. The lowest BCUT2D eigenvalue weighted by Gasteiger charge is -2.38. The van der Waals surface area contributed by atoms with Gasteiger partial charge in [-0.2, -0.15) is 0 Å². The summed E-state index contributed by atoms with van der Waals surface area (Å²) in [6, 6.07) is 5.44. The number of hydrogen-bond donors (Lipinski definition) is 4. The van der Waals surface area contributed by atoms with E-state index in [2.05, 4.69) is 80.0 Å². The molecule has 0 unspecified atom stereocenters. The van der Waals surface area contributed by atoms with E-state index in [9.17, 15) is 4.79 Å². The van der Waals surface area contributed by atoms with Crippen molar-refractivity contribution < 1.29 is 4.79 Å². The lowest BCUT2D eigenvalue weighted by molar-refractivity contribution is 0.0963. The van der Waals surface area contributed by atoms with Crippen molar-refractivity contribution in [2.45, 2.75) is 40.5 Å². The number of allylic oxidation sites excluding steroid dienone is 2. The summed E-state index contributed by atoms with van der Waals surface area (Å²) in [7, 11) is 5.72. The van der Waals surface area contributed by atoms with Gasteiger partial charge in [-0.15, -0.1) is 0 Å². The first-order valence-electron chi connectivity index (χ1n) is 16.4. The number of amides is 1. The molecule has 0 saturated carbocycles. The van der Waals surface area contributed by atoms with Crippen LogP contribution in [-0.2, 0) is 0 Å². The van der Waals surface area contributed by atoms with Crippen LogP contribution >= 0.6 is 0 Å². The van der Waals surface area contributed by atoms with Crippen molar-refractivity contribution in [3.05, 3.63) is 65.5 Å². The van der Waals surface area contributed by atoms with Gasteiger partial charge in [0.2, 0.25) is 5.96 Å². The predicted octanol–water partition coefficient (Wildman–Crippen LogP) is 3.43. The molecule has 1 aromatic carbocycles. The number of carbonyl (C=O) groups is 1. The monoisotopic (exact) mass is 643 g/mol. The Balaban J connectivity index is 1.49. The van der Waals surface area contributed by atoms with Crippen molar-refractivity contribution in [2.75, 3.05) is 72.3 Å². The highest BCUT2D eigenvalue weighted by molar-refractivity contribution is 6.41. The van der Waals surface area contributed by atoms with Crippen LogP contribution in [0.2, 0.25) is 0 Å². The molecule has 47 heavy (non-hydrogen) atoms. The van der Waals surface area contributed by atoms with Gasteiger partial charge in [-0.1, -0.05) is 33.4 Å². The largest absolute Gasteiger partial charge is 0.383 e. The van der Waals surface area contributed by atoms with Crippen LogP contribution in [-0.4, -0.2) is 111 Å². The molecular formula is C35H53N11O. The first-order valence-corrected chi connectivity index (χ1v) is 16.4. The van der Waals surface area contributed by atoms with Gasteiger partial charge in [0, 0.05) is 81.5 Å². The SMILES string of the molecule is C=C/N=C1/C=NC(N2CCN(CC3CCN(C)CC3)CC2)=N/C1=C(/N)Nc1cc(C(=O)N/C(=C/C(=N\C)C(C)(C)C)NC)ccc1C. The summed E-state index contributed by atoms with van der Waals surface area (Å²) in [4.78, 5) is 38.8. The Morgan fingerprint density at radius 3 is 2.47 bits per heavy atom. The third kappa shape index (κ3) is 9.61. The first kappa shape index (κ1) is 35.6. The number of hydrogen-bond acceptors (Lipinski definition) is 11. The Morgan fingerprint density at radius 1 is 1.15 bits per heavy atom. The number of piperazine rings is 1. The quantitative estimate of drug-likeness (QED) is 0.303. The van der Waals surface area contributed by atoms with Crippen molar-refractivity contribution >= 4 is 35.2 Å². The summed E-state index contributed by atoms with van der Waals surface area (Å²) in [6.45, 7) is 19.1. The lowest BCUT2D eigenvalue weighted by Crippen LogP contribution is -2.50. The number of piperidine rings is 1. The maximum Gasteiger partial charge on any atom is 0.256 e. The second kappa shape index (κ2) is 16.0. The third-order valence-electron chi connectivity index (χ3n) is 8.83. The highest BCUT2D eigenvalue weighted by Gasteiger charge is 2.26.